The van der Waals surface area contributed by atoms with Crippen molar-refractivity contribution in [1.82, 2.24) is 4.98 Å². The fraction of sp³-hybridized carbons (Fsp3) is 0.250. The molecule has 5 heteroatoms. The Hall–Kier alpha value is -2.56. The maximum Gasteiger partial charge on any atom is 0.354 e. The van der Waals surface area contributed by atoms with E-state index < -0.39 is 5.97 Å². The third-order valence-electron chi connectivity index (χ3n) is 3.31. The Morgan fingerprint density at radius 1 is 1.00 bits per heavy atom. The number of pyridine rings is 1. The summed E-state index contributed by atoms with van der Waals surface area (Å²) >= 11 is 0. The predicted molar refractivity (Wildman–Crippen MR) is 84.2 cm³/mol. The summed E-state index contributed by atoms with van der Waals surface area (Å²) in [5.41, 5.74) is 1.22. The van der Waals surface area contributed by atoms with Crippen LogP contribution in [0.15, 0.2) is 48.5 Å². The first-order valence-corrected chi connectivity index (χ1v) is 6.75. The van der Waals surface area contributed by atoms with Crippen LogP contribution in [0.4, 0.5) is 11.5 Å². The van der Waals surface area contributed by atoms with Crippen molar-refractivity contribution in [3.8, 4) is 0 Å². The van der Waals surface area contributed by atoms with E-state index in [4.69, 9.17) is 5.11 Å². The van der Waals surface area contributed by atoms with Crippen molar-refractivity contribution in [3.63, 3.8) is 0 Å². The summed E-state index contributed by atoms with van der Waals surface area (Å²) in [6.07, 6.45) is 0. The maximum atomic E-state index is 10.9. The molecule has 0 atom stereocenters. The molecule has 0 unspecified atom stereocenters. The second kappa shape index (κ2) is 6.74. The maximum absolute atomic E-state index is 10.9. The molecule has 5 nitrogen and oxygen atoms in total. The van der Waals surface area contributed by atoms with Crippen molar-refractivity contribution in [2.45, 2.75) is 0 Å². The molecule has 0 saturated heterocycles. The lowest BCUT2D eigenvalue weighted by molar-refractivity contribution is 0.0690. The number of hydrogen-bond donors (Lipinski definition) is 1. The van der Waals surface area contributed by atoms with Crippen LogP contribution in [0.2, 0.25) is 0 Å². The van der Waals surface area contributed by atoms with Crippen LogP contribution in [-0.4, -0.2) is 43.2 Å². The van der Waals surface area contributed by atoms with Crippen molar-refractivity contribution in [2.75, 3.05) is 37.0 Å². The van der Waals surface area contributed by atoms with Crippen molar-refractivity contribution in [1.29, 1.82) is 0 Å². The Morgan fingerprint density at radius 2 is 1.67 bits per heavy atom. The molecule has 21 heavy (non-hydrogen) atoms. The molecule has 1 N–H and O–H groups in total. The topological polar surface area (TPSA) is 56.7 Å². The zero-order valence-corrected chi connectivity index (χ0v) is 12.2. The van der Waals surface area contributed by atoms with E-state index in [0.717, 1.165) is 18.8 Å². The molecule has 0 saturated carbocycles. The van der Waals surface area contributed by atoms with Gasteiger partial charge in [-0.2, -0.15) is 0 Å². The monoisotopic (exact) mass is 285 g/mol. The summed E-state index contributed by atoms with van der Waals surface area (Å²) in [7, 11) is 3.94. The van der Waals surface area contributed by atoms with E-state index in [1.165, 1.54) is 6.07 Å². The first-order valence-electron chi connectivity index (χ1n) is 6.75. The van der Waals surface area contributed by atoms with Crippen molar-refractivity contribution in [2.24, 2.45) is 0 Å². The van der Waals surface area contributed by atoms with Crippen LogP contribution >= 0.6 is 0 Å². The van der Waals surface area contributed by atoms with Crippen LogP contribution in [-0.2, 0) is 0 Å². The summed E-state index contributed by atoms with van der Waals surface area (Å²) in [6, 6.07) is 15.1. The van der Waals surface area contributed by atoms with Gasteiger partial charge in [0.25, 0.3) is 0 Å². The highest BCUT2D eigenvalue weighted by atomic mass is 16.4. The normalized spacial score (nSPS) is 10.2. The molecule has 1 aromatic heterocycles. The Morgan fingerprint density at radius 3 is 2.33 bits per heavy atom. The second-order valence-electron chi connectivity index (χ2n) is 4.86. The van der Waals surface area contributed by atoms with E-state index in [1.54, 1.807) is 6.07 Å². The van der Waals surface area contributed by atoms with Gasteiger partial charge in [0.15, 0.2) is 5.69 Å². The Kier molecular flexibility index (Phi) is 4.77. The van der Waals surface area contributed by atoms with Crippen LogP contribution in [0, 0.1) is 0 Å². The van der Waals surface area contributed by atoms with Crippen LogP contribution in [0.1, 0.15) is 10.5 Å². The highest BCUT2D eigenvalue weighted by molar-refractivity contribution is 5.85. The molecule has 2 rings (SSSR count). The average molecular weight is 285 g/mol. The predicted octanol–water partition coefficient (Wildman–Crippen LogP) is 2.35. The molecular formula is C16H19N3O2. The number of carbonyl (C=O) groups is 1. The van der Waals surface area contributed by atoms with Crippen molar-refractivity contribution >= 4 is 17.5 Å². The van der Waals surface area contributed by atoms with Gasteiger partial charge in [-0.05, 0) is 24.3 Å². The lowest BCUT2D eigenvalue weighted by Gasteiger charge is -2.24. The number of nitrogens with zero attached hydrogens (tertiary/aromatic N) is 3. The highest BCUT2D eigenvalue weighted by Crippen LogP contribution is 2.13. The number of anilines is 2. The van der Waals surface area contributed by atoms with E-state index in [2.05, 4.69) is 22.0 Å². The standard InChI is InChI=1S/C16H19N3O2/c1-18(13-7-4-3-5-8-13)11-12-19(2)15-10-6-9-14(17-15)16(20)21/h3-10H,11-12H2,1-2H3,(H,20,21). The minimum absolute atomic E-state index is 0.0655. The van der Waals surface area contributed by atoms with E-state index in [1.807, 2.05) is 43.3 Å². The summed E-state index contributed by atoms with van der Waals surface area (Å²) in [4.78, 5) is 19.2. The molecular weight excluding hydrogens is 266 g/mol. The Bertz CT molecular complexity index is 601. The molecule has 0 aliphatic carbocycles. The first kappa shape index (κ1) is 14.8. The Balaban J connectivity index is 1.97. The van der Waals surface area contributed by atoms with Gasteiger partial charge in [-0.25, -0.2) is 9.78 Å². The largest absolute Gasteiger partial charge is 0.477 e. The summed E-state index contributed by atoms with van der Waals surface area (Å²) in [5, 5.41) is 8.97. The lowest BCUT2D eigenvalue weighted by Crippen LogP contribution is -2.31. The Labute approximate surface area is 124 Å². The van der Waals surface area contributed by atoms with E-state index in [0.29, 0.717) is 5.82 Å². The molecule has 0 radical (unpaired) electrons. The van der Waals surface area contributed by atoms with Gasteiger partial charge in [-0.1, -0.05) is 24.3 Å². The summed E-state index contributed by atoms with van der Waals surface area (Å²) in [6.45, 7) is 1.57. The SMILES string of the molecule is CN(CCN(C)c1cccc(C(=O)O)n1)c1ccccc1. The molecule has 1 heterocycles. The van der Waals surface area contributed by atoms with Crippen LogP contribution in [0.3, 0.4) is 0 Å². The fourth-order valence-corrected chi connectivity index (χ4v) is 1.98. The van der Waals surface area contributed by atoms with Gasteiger partial charge in [0.05, 0.1) is 0 Å². The fourth-order valence-electron chi connectivity index (χ4n) is 1.98. The smallest absolute Gasteiger partial charge is 0.354 e. The molecule has 110 valence electrons. The molecule has 2 aromatic rings. The molecule has 0 spiro atoms. The number of rotatable bonds is 6. The van der Waals surface area contributed by atoms with Crippen molar-refractivity contribution < 1.29 is 9.90 Å². The quantitative estimate of drug-likeness (QED) is 0.883. The molecule has 0 fully saturated rings. The zero-order valence-electron chi connectivity index (χ0n) is 12.2. The van der Waals surface area contributed by atoms with Gasteiger partial charge in [0, 0.05) is 32.9 Å². The minimum atomic E-state index is -1.01. The molecule has 0 bridgehead atoms. The number of hydrogen-bond acceptors (Lipinski definition) is 4. The van der Waals surface area contributed by atoms with Gasteiger partial charge >= 0.3 is 5.97 Å². The molecule has 0 aliphatic heterocycles. The van der Waals surface area contributed by atoms with Gasteiger partial charge in [0.2, 0.25) is 0 Å². The van der Waals surface area contributed by atoms with Crippen LogP contribution in [0.5, 0.6) is 0 Å². The molecule has 1 aromatic carbocycles. The molecule has 0 aliphatic rings. The molecule has 0 amide bonds. The van der Waals surface area contributed by atoms with E-state index in [9.17, 15) is 4.79 Å². The number of aromatic carboxylic acids is 1. The lowest BCUT2D eigenvalue weighted by atomic mass is 10.3. The second-order valence-corrected chi connectivity index (χ2v) is 4.86. The average Bonchev–Trinajstić information content (AvgIpc) is 2.53. The van der Waals surface area contributed by atoms with Gasteiger partial charge in [-0.15, -0.1) is 0 Å². The van der Waals surface area contributed by atoms with Gasteiger partial charge in [0.1, 0.15) is 5.82 Å². The summed E-state index contributed by atoms with van der Waals surface area (Å²) in [5.74, 6) is -0.344. The minimum Gasteiger partial charge on any atom is -0.477 e. The number of benzene rings is 1. The number of para-hydroxylation sites is 1. The number of likely N-dealkylation sites (N-methyl/N-ethyl adjacent to an activating group) is 2. The third-order valence-corrected chi connectivity index (χ3v) is 3.31. The van der Waals surface area contributed by atoms with Crippen LogP contribution in [0.25, 0.3) is 0 Å². The number of aromatic nitrogens is 1. The van der Waals surface area contributed by atoms with E-state index >= 15 is 0 Å². The van der Waals surface area contributed by atoms with E-state index in [-0.39, 0.29) is 5.69 Å². The summed E-state index contributed by atoms with van der Waals surface area (Å²) < 4.78 is 0. The van der Waals surface area contributed by atoms with Gasteiger partial charge < -0.3 is 14.9 Å². The third kappa shape index (κ3) is 3.95. The number of carboxylic acids is 1. The van der Waals surface area contributed by atoms with Crippen molar-refractivity contribution in [3.05, 3.63) is 54.2 Å². The highest BCUT2D eigenvalue weighted by Gasteiger charge is 2.09. The number of carboxylic acid groups (broad SMARTS) is 1. The first-order chi connectivity index (χ1) is 10.1. The zero-order chi connectivity index (χ0) is 15.2. The van der Waals surface area contributed by atoms with Crippen LogP contribution < -0.4 is 9.80 Å². The van der Waals surface area contributed by atoms with Gasteiger partial charge in [-0.3, -0.25) is 0 Å².